The van der Waals surface area contributed by atoms with Crippen molar-refractivity contribution >= 4 is 0 Å². The summed E-state index contributed by atoms with van der Waals surface area (Å²) in [6.07, 6.45) is 9.55. The van der Waals surface area contributed by atoms with Gasteiger partial charge in [-0.05, 0) is 12.8 Å². The fourth-order valence-corrected chi connectivity index (χ4v) is 1.07. The van der Waals surface area contributed by atoms with Gasteiger partial charge in [-0.25, -0.2) is 0 Å². The number of hydrogen-bond donors (Lipinski definition) is 0. The van der Waals surface area contributed by atoms with Crippen LogP contribution < -0.4 is 0 Å². The molecule has 1 saturated heterocycles. The highest BCUT2D eigenvalue weighted by molar-refractivity contribution is 4.84. The minimum atomic E-state index is 0.529. The molecule has 1 rings (SSSR count). The Morgan fingerprint density at radius 2 is 2.20 bits per heavy atom. The monoisotopic (exact) mass is 141 g/mol. The predicted molar refractivity (Wildman–Crippen MR) is 42.8 cm³/mol. The lowest BCUT2D eigenvalue weighted by atomic mass is 10.1. The Labute approximate surface area is 63.8 Å². The topological polar surface area (TPSA) is 12.5 Å². The van der Waals surface area contributed by atoms with Crippen LogP contribution in [0.2, 0.25) is 0 Å². The van der Waals surface area contributed by atoms with Crippen molar-refractivity contribution in [1.82, 2.24) is 0 Å². The van der Waals surface area contributed by atoms with E-state index < -0.39 is 0 Å². The van der Waals surface area contributed by atoms with Gasteiger partial charge in [0.2, 0.25) is 0 Å². The molecule has 59 valence electrons. The summed E-state index contributed by atoms with van der Waals surface area (Å²) in [4.78, 5) is 0. The maximum atomic E-state index is 5.06. The number of unbranched alkanes of at least 4 members (excludes halogenated alkanes) is 4. The van der Waals surface area contributed by atoms with Crippen molar-refractivity contribution in [2.24, 2.45) is 0 Å². The highest BCUT2D eigenvalue weighted by Crippen LogP contribution is 2.16. The fourth-order valence-electron chi connectivity index (χ4n) is 1.07. The molecule has 0 aromatic heterocycles. The highest BCUT2D eigenvalue weighted by atomic mass is 16.6. The van der Waals surface area contributed by atoms with Gasteiger partial charge in [-0.15, -0.1) is 0 Å². The maximum Gasteiger partial charge on any atom is 0.0841 e. The Hall–Kier alpha value is -0.0400. The molecule has 1 nitrogen and oxygen atoms in total. The molecule has 0 bridgehead atoms. The van der Waals surface area contributed by atoms with Gasteiger partial charge in [-0.1, -0.05) is 32.6 Å². The second-order valence-corrected chi connectivity index (χ2v) is 2.96. The van der Waals surface area contributed by atoms with E-state index in [9.17, 15) is 0 Å². The third-order valence-corrected chi connectivity index (χ3v) is 1.85. The Balaban J connectivity index is 1.68. The summed E-state index contributed by atoms with van der Waals surface area (Å²) in [7, 11) is 0. The highest BCUT2D eigenvalue weighted by Gasteiger charge is 2.21. The van der Waals surface area contributed by atoms with Crippen LogP contribution in [-0.4, -0.2) is 12.7 Å². The summed E-state index contributed by atoms with van der Waals surface area (Å²) in [5, 5.41) is 0. The zero-order chi connectivity index (χ0) is 7.23. The van der Waals surface area contributed by atoms with E-state index in [-0.39, 0.29) is 0 Å². The lowest BCUT2D eigenvalue weighted by Crippen LogP contribution is -1.86. The number of hydrogen-bond acceptors (Lipinski definition) is 1. The predicted octanol–water partition coefficient (Wildman–Crippen LogP) is 2.56. The molecular weight excluding hydrogens is 124 g/mol. The van der Waals surface area contributed by atoms with Gasteiger partial charge in [0.25, 0.3) is 0 Å². The smallest absolute Gasteiger partial charge is 0.0841 e. The lowest BCUT2D eigenvalue weighted by molar-refractivity contribution is 0.423. The van der Waals surface area contributed by atoms with Crippen molar-refractivity contribution < 1.29 is 4.74 Å². The summed E-state index contributed by atoms with van der Waals surface area (Å²) in [6.45, 7) is 3.22. The first-order chi connectivity index (χ1) is 4.93. The van der Waals surface area contributed by atoms with Crippen LogP contribution in [0.5, 0.6) is 0 Å². The first kappa shape index (κ1) is 8.06. The Bertz CT molecular complexity index is 76.8. The van der Waals surface area contributed by atoms with Crippen molar-refractivity contribution in [3.8, 4) is 0 Å². The lowest BCUT2D eigenvalue weighted by Gasteiger charge is -1.95. The maximum absolute atomic E-state index is 5.06. The van der Waals surface area contributed by atoms with E-state index >= 15 is 0 Å². The van der Waals surface area contributed by atoms with Crippen LogP contribution in [-0.2, 0) is 4.74 Å². The van der Waals surface area contributed by atoms with Crippen LogP contribution >= 0.6 is 0 Å². The van der Waals surface area contributed by atoms with Crippen molar-refractivity contribution in [1.29, 1.82) is 0 Å². The molecule has 0 aliphatic carbocycles. The van der Waals surface area contributed by atoms with E-state index in [0.717, 1.165) is 6.61 Å². The first-order valence-corrected chi connectivity index (χ1v) is 4.38. The normalized spacial score (nSPS) is 23.1. The van der Waals surface area contributed by atoms with Crippen LogP contribution in [0.1, 0.15) is 39.0 Å². The molecule has 0 aromatic carbocycles. The van der Waals surface area contributed by atoms with Crippen molar-refractivity contribution in [2.75, 3.05) is 6.61 Å². The van der Waals surface area contributed by atoms with Crippen LogP contribution in [0.4, 0.5) is 0 Å². The molecule has 1 radical (unpaired) electrons. The second-order valence-electron chi connectivity index (χ2n) is 2.96. The number of epoxide rings is 1. The molecule has 1 aliphatic rings. The summed E-state index contributed by atoms with van der Waals surface area (Å²) in [5.74, 6) is 0. The molecule has 0 N–H and O–H groups in total. The van der Waals surface area contributed by atoms with Crippen molar-refractivity contribution in [2.45, 2.75) is 45.1 Å². The molecule has 0 spiro atoms. The van der Waals surface area contributed by atoms with Gasteiger partial charge in [-0.3, -0.25) is 0 Å². The van der Waals surface area contributed by atoms with Crippen LogP contribution in [0, 0.1) is 6.42 Å². The third-order valence-electron chi connectivity index (χ3n) is 1.85. The molecule has 0 aromatic rings. The average molecular weight is 141 g/mol. The minimum Gasteiger partial charge on any atom is -0.373 e. The molecule has 1 unspecified atom stereocenters. The number of rotatable bonds is 6. The van der Waals surface area contributed by atoms with Crippen molar-refractivity contribution in [3.05, 3.63) is 6.42 Å². The van der Waals surface area contributed by atoms with E-state index in [1.807, 2.05) is 0 Å². The minimum absolute atomic E-state index is 0.529. The average Bonchev–Trinajstić information content (AvgIpc) is 2.71. The van der Waals surface area contributed by atoms with E-state index in [4.69, 9.17) is 4.74 Å². The third kappa shape index (κ3) is 3.89. The van der Waals surface area contributed by atoms with Gasteiger partial charge in [-0.2, -0.15) is 0 Å². The van der Waals surface area contributed by atoms with Gasteiger partial charge >= 0.3 is 0 Å². The SMILES string of the molecule is CCCCCC[CH]C1CO1. The van der Waals surface area contributed by atoms with Crippen LogP contribution in [0.25, 0.3) is 0 Å². The Morgan fingerprint density at radius 1 is 1.40 bits per heavy atom. The zero-order valence-electron chi connectivity index (χ0n) is 6.81. The quantitative estimate of drug-likeness (QED) is 0.409. The van der Waals surface area contributed by atoms with Crippen LogP contribution in [0.3, 0.4) is 0 Å². The molecule has 1 heteroatoms. The Kier molecular flexibility index (Phi) is 3.81. The molecule has 0 saturated carbocycles. The summed E-state index contributed by atoms with van der Waals surface area (Å²) in [5.41, 5.74) is 0. The fraction of sp³-hybridized carbons (Fsp3) is 0.889. The number of ether oxygens (including phenoxy) is 1. The van der Waals surface area contributed by atoms with E-state index in [2.05, 4.69) is 13.3 Å². The summed E-state index contributed by atoms with van der Waals surface area (Å²) < 4.78 is 5.06. The molecular formula is C9H17O. The molecule has 0 amide bonds. The molecule has 1 atom stereocenters. The first-order valence-electron chi connectivity index (χ1n) is 4.38. The summed E-state index contributed by atoms with van der Waals surface area (Å²) in [6, 6.07) is 0. The van der Waals surface area contributed by atoms with E-state index in [0.29, 0.717) is 6.10 Å². The van der Waals surface area contributed by atoms with Gasteiger partial charge in [0, 0.05) is 0 Å². The van der Waals surface area contributed by atoms with E-state index in [1.165, 1.54) is 32.1 Å². The summed E-state index contributed by atoms with van der Waals surface area (Å²) >= 11 is 0. The van der Waals surface area contributed by atoms with E-state index in [1.54, 1.807) is 0 Å². The second kappa shape index (κ2) is 4.73. The zero-order valence-corrected chi connectivity index (χ0v) is 6.81. The molecule has 1 heterocycles. The largest absolute Gasteiger partial charge is 0.373 e. The van der Waals surface area contributed by atoms with Gasteiger partial charge in [0.1, 0.15) is 0 Å². The van der Waals surface area contributed by atoms with Crippen molar-refractivity contribution in [3.63, 3.8) is 0 Å². The Morgan fingerprint density at radius 3 is 2.80 bits per heavy atom. The molecule has 10 heavy (non-hydrogen) atoms. The van der Waals surface area contributed by atoms with Gasteiger partial charge < -0.3 is 4.74 Å². The molecule has 1 aliphatic heterocycles. The van der Waals surface area contributed by atoms with Gasteiger partial charge in [0.05, 0.1) is 12.7 Å². The standard InChI is InChI=1S/C9H17O/c1-2-3-4-5-6-7-9-8-10-9/h7,9H,2-6,8H2,1H3. The van der Waals surface area contributed by atoms with Gasteiger partial charge in [0.15, 0.2) is 0 Å². The van der Waals surface area contributed by atoms with Crippen LogP contribution in [0.15, 0.2) is 0 Å². The molecule has 1 fully saturated rings.